The van der Waals surface area contributed by atoms with E-state index in [-0.39, 0.29) is 29.9 Å². The molecule has 1 aromatic carbocycles. The summed E-state index contributed by atoms with van der Waals surface area (Å²) in [6.07, 6.45) is 2.95. The average Bonchev–Trinajstić information content (AvgIpc) is 2.87. The Morgan fingerprint density at radius 1 is 1.08 bits per heavy atom. The number of nitrogens with zero attached hydrogens (tertiary/aromatic N) is 3. The Labute approximate surface area is 223 Å². The van der Waals surface area contributed by atoms with Crippen molar-refractivity contribution < 1.29 is 23.8 Å². The van der Waals surface area contributed by atoms with E-state index in [0.29, 0.717) is 43.2 Å². The van der Waals surface area contributed by atoms with Gasteiger partial charge >= 0.3 is 0 Å². The summed E-state index contributed by atoms with van der Waals surface area (Å²) in [5.74, 6) is 1.32. The largest absolute Gasteiger partial charge is 0.493 e. The molecule has 1 aliphatic heterocycles. The summed E-state index contributed by atoms with van der Waals surface area (Å²) in [7, 11) is 7.29. The van der Waals surface area contributed by atoms with Crippen LogP contribution in [0.5, 0.6) is 11.5 Å². The molecule has 37 heavy (non-hydrogen) atoms. The van der Waals surface area contributed by atoms with Crippen molar-refractivity contribution in [3.8, 4) is 11.5 Å². The van der Waals surface area contributed by atoms with Crippen molar-refractivity contribution in [3.05, 3.63) is 23.8 Å². The molecule has 1 heterocycles. The summed E-state index contributed by atoms with van der Waals surface area (Å²) >= 11 is 0. The molecule has 9 nitrogen and oxygen atoms in total. The lowest BCUT2D eigenvalue weighted by Gasteiger charge is -2.40. The Morgan fingerprint density at radius 2 is 1.84 bits per heavy atom. The zero-order valence-corrected chi connectivity index (χ0v) is 23.9. The lowest BCUT2D eigenvalue weighted by atomic mass is 9.95. The first kappa shape index (κ1) is 30.9. The molecule has 0 aliphatic carbocycles. The van der Waals surface area contributed by atoms with Gasteiger partial charge in [0.05, 0.1) is 13.7 Å². The van der Waals surface area contributed by atoms with Crippen molar-refractivity contribution >= 4 is 11.8 Å². The first-order chi connectivity index (χ1) is 17.7. The summed E-state index contributed by atoms with van der Waals surface area (Å²) in [6, 6.07) is 5.58. The van der Waals surface area contributed by atoms with E-state index in [1.807, 2.05) is 44.7 Å². The lowest BCUT2D eigenvalue weighted by Crippen LogP contribution is -2.54. The van der Waals surface area contributed by atoms with Crippen LogP contribution in [-0.4, -0.2) is 112 Å². The highest BCUT2D eigenvalue weighted by atomic mass is 16.5. The minimum Gasteiger partial charge on any atom is -0.493 e. The second kappa shape index (κ2) is 15.8. The molecule has 0 bridgehead atoms. The van der Waals surface area contributed by atoms with E-state index >= 15 is 0 Å². The smallest absolute Gasteiger partial charge is 0.254 e. The van der Waals surface area contributed by atoms with Crippen molar-refractivity contribution in [1.29, 1.82) is 0 Å². The van der Waals surface area contributed by atoms with Crippen molar-refractivity contribution in [2.75, 3.05) is 67.7 Å². The number of nitrogens with one attached hydrogen (secondary N) is 1. The van der Waals surface area contributed by atoms with Gasteiger partial charge in [0.2, 0.25) is 5.91 Å². The van der Waals surface area contributed by atoms with Crippen molar-refractivity contribution in [3.63, 3.8) is 0 Å². The number of benzene rings is 1. The van der Waals surface area contributed by atoms with Crippen LogP contribution in [0.2, 0.25) is 0 Å². The first-order valence-electron chi connectivity index (χ1n) is 13.5. The Bertz CT molecular complexity index is 840. The molecule has 2 atom stereocenters. The molecule has 9 heteroatoms. The summed E-state index contributed by atoms with van der Waals surface area (Å²) < 4.78 is 16.4. The number of rotatable bonds is 15. The molecule has 210 valence electrons. The second-order valence-corrected chi connectivity index (χ2v) is 10.2. The standard InChI is InChI=1S/C28H48N4O5/c1-8-31(15-14-30(4)5)27(33)19-23-11-12-24(20-29-23)32(21(2)3)28(34)22-10-13-25(36-7)26(18-22)37-17-9-16-35-6/h10,13,18,21,23-24,29H,8-9,11-12,14-17,19-20H2,1-7H3/t23-,24?/m0/s1. The van der Waals surface area contributed by atoms with Crippen molar-refractivity contribution in [1.82, 2.24) is 20.0 Å². The molecule has 1 N–H and O–H groups in total. The highest BCUT2D eigenvalue weighted by molar-refractivity contribution is 5.95. The minimum absolute atomic E-state index is 0.0263. The maximum atomic E-state index is 13.6. The average molecular weight is 521 g/mol. The number of hydrogen-bond donors (Lipinski definition) is 1. The molecule has 1 aliphatic rings. The molecular formula is C28H48N4O5. The minimum atomic E-state index is -0.0263. The lowest BCUT2D eigenvalue weighted by molar-refractivity contribution is -0.131. The second-order valence-electron chi connectivity index (χ2n) is 10.2. The van der Waals surface area contributed by atoms with Gasteiger partial charge in [-0.1, -0.05) is 0 Å². The fraction of sp³-hybridized carbons (Fsp3) is 0.714. The fourth-order valence-corrected chi connectivity index (χ4v) is 4.71. The van der Waals surface area contributed by atoms with Crippen molar-refractivity contribution in [2.45, 2.75) is 64.6 Å². The van der Waals surface area contributed by atoms with Gasteiger partial charge in [-0.15, -0.1) is 0 Å². The fourth-order valence-electron chi connectivity index (χ4n) is 4.71. The van der Waals surface area contributed by atoms with Crippen LogP contribution in [0.15, 0.2) is 18.2 Å². The molecule has 0 radical (unpaired) electrons. The van der Waals surface area contributed by atoms with Crippen LogP contribution in [-0.2, 0) is 9.53 Å². The molecule has 1 aromatic rings. The monoisotopic (exact) mass is 520 g/mol. The molecule has 0 spiro atoms. The van der Waals surface area contributed by atoms with Crippen LogP contribution in [0.1, 0.15) is 56.8 Å². The van der Waals surface area contributed by atoms with Crippen LogP contribution < -0.4 is 14.8 Å². The predicted molar refractivity (Wildman–Crippen MR) is 147 cm³/mol. The summed E-state index contributed by atoms with van der Waals surface area (Å²) in [6.45, 7) is 10.2. The number of likely N-dealkylation sites (N-methyl/N-ethyl adjacent to an activating group) is 2. The molecule has 1 unspecified atom stereocenters. The van der Waals surface area contributed by atoms with Gasteiger partial charge in [-0.2, -0.15) is 0 Å². The number of amides is 2. The van der Waals surface area contributed by atoms with Gasteiger partial charge in [0, 0.05) is 76.4 Å². The zero-order chi connectivity index (χ0) is 27.4. The van der Waals surface area contributed by atoms with Crippen LogP contribution in [0, 0.1) is 0 Å². The molecule has 1 fully saturated rings. The molecular weight excluding hydrogens is 472 g/mol. The number of carbonyl (C=O) groups excluding carboxylic acids is 2. The van der Waals surface area contributed by atoms with Crippen LogP contribution >= 0.6 is 0 Å². The Kier molecular flexibility index (Phi) is 13.2. The van der Waals surface area contributed by atoms with Crippen LogP contribution in [0.3, 0.4) is 0 Å². The maximum Gasteiger partial charge on any atom is 0.254 e. The molecule has 2 rings (SSSR count). The molecule has 0 saturated carbocycles. The Hall–Kier alpha value is -2.36. The predicted octanol–water partition coefficient (Wildman–Crippen LogP) is 2.88. The normalized spacial score (nSPS) is 17.6. The van der Waals surface area contributed by atoms with Crippen LogP contribution in [0.4, 0.5) is 0 Å². The Balaban J connectivity index is 2.02. The van der Waals surface area contributed by atoms with E-state index in [4.69, 9.17) is 14.2 Å². The quantitative estimate of drug-likeness (QED) is 0.356. The third kappa shape index (κ3) is 9.47. The van der Waals surface area contributed by atoms with Gasteiger partial charge in [0.15, 0.2) is 11.5 Å². The van der Waals surface area contributed by atoms with Gasteiger partial charge in [-0.25, -0.2) is 0 Å². The number of carbonyl (C=O) groups is 2. The van der Waals surface area contributed by atoms with Gasteiger partial charge in [-0.3, -0.25) is 9.59 Å². The highest BCUT2D eigenvalue weighted by Crippen LogP contribution is 2.30. The van der Waals surface area contributed by atoms with E-state index in [0.717, 1.165) is 38.9 Å². The number of methoxy groups -OCH3 is 2. The highest BCUT2D eigenvalue weighted by Gasteiger charge is 2.32. The maximum absolute atomic E-state index is 13.6. The third-order valence-electron chi connectivity index (χ3n) is 6.81. The SMILES string of the molecule is CCN(CCN(C)C)C(=O)C[C@@H]1CCC(N(C(=O)c2ccc(OC)c(OCCCOC)c2)C(C)C)CN1. The summed E-state index contributed by atoms with van der Waals surface area (Å²) in [5, 5.41) is 3.55. The van der Waals surface area contributed by atoms with Gasteiger partial charge < -0.3 is 34.2 Å². The zero-order valence-electron chi connectivity index (χ0n) is 23.9. The van der Waals surface area contributed by atoms with Crippen LogP contribution in [0.25, 0.3) is 0 Å². The topological polar surface area (TPSA) is 83.6 Å². The molecule has 2 amide bonds. The van der Waals surface area contributed by atoms with Crippen molar-refractivity contribution in [2.24, 2.45) is 0 Å². The van der Waals surface area contributed by atoms with E-state index in [2.05, 4.69) is 10.2 Å². The number of hydrogen-bond acceptors (Lipinski definition) is 7. The Morgan fingerprint density at radius 3 is 2.41 bits per heavy atom. The molecule has 0 aromatic heterocycles. The third-order valence-corrected chi connectivity index (χ3v) is 6.81. The van der Waals surface area contributed by atoms with Gasteiger partial charge in [0.1, 0.15) is 0 Å². The molecule has 1 saturated heterocycles. The van der Waals surface area contributed by atoms with Gasteiger partial charge in [-0.05, 0) is 65.9 Å². The number of piperidine rings is 1. The number of ether oxygens (including phenoxy) is 3. The summed E-state index contributed by atoms with van der Waals surface area (Å²) in [5.41, 5.74) is 0.577. The first-order valence-corrected chi connectivity index (χ1v) is 13.5. The summed E-state index contributed by atoms with van der Waals surface area (Å²) in [4.78, 5) is 32.5. The van der Waals surface area contributed by atoms with Gasteiger partial charge in [0.25, 0.3) is 5.91 Å². The van der Waals surface area contributed by atoms with E-state index < -0.39 is 0 Å². The van der Waals surface area contributed by atoms with E-state index in [1.54, 1.807) is 32.4 Å². The van der Waals surface area contributed by atoms with E-state index in [9.17, 15) is 9.59 Å². The van der Waals surface area contributed by atoms with E-state index in [1.165, 1.54) is 0 Å².